The molecule has 82 valence electrons. The monoisotopic (exact) mass is 198 g/mol. The fourth-order valence-corrected chi connectivity index (χ4v) is 1.43. The van der Waals surface area contributed by atoms with Crippen molar-refractivity contribution in [2.24, 2.45) is 16.8 Å². The van der Waals surface area contributed by atoms with Gasteiger partial charge in [-0.1, -0.05) is 0 Å². The fourth-order valence-electron chi connectivity index (χ4n) is 1.43. The Kier molecular flexibility index (Phi) is 4.20. The van der Waals surface area contributed by atoms with Crippen molar-refractivity contribution in [3.05, 3.63) is 0 Å². The third-order valence-corrected chi connectivity index (χ3v) is 2.37. The third-order valence-electron chi connectivity index (χ3n) is 2.37. The minimum atomic E-state index is 0.286. The highest BCUT2D eigenvalue weighted by Gasteiger charge is 2.25. The summed E-state index contributed by atoms with van der Waals surface area (Å²) in [5, 5.41) is 0. The van der Waals surface area contributed by atoms with Crippen molar-refractivity contribution < 1.29 is 0 Å². The standard InChI is InChI=1S/C10H22N4/c1-4-14(7-9-5-6-9)10(13-11)12-8(2)3/h8-9H,4-7,11H2,1-3H3,(H,12,13). The van der Waals surface area contributed by atoms with Gasteiger partial charge in [0.1, 0.15) is 0 Å². The molecule has 14 heavy (non-hydrogen) atoms. The number of nitrogens with zero attached hydrogens (tertiary/aromatic N) is 2. The van der Waals surface area contributed by atoms with Crippen LogP contribution in [-0.4, -0.2) is 30.0 Å². The number of aliphatic imine (C=N–C) groups is 1. The molecule has 0 spiro atoms. The molecule has 0 atom stereocenters. The van der Waals surface area contributed by atoms with E-state index in [9.17, 15) is 0 Å². The van der Waals surface area contributed by atoms with E-state index in [1.54, 1.807) is 0 Å². The Balaban J connectivity index is 2.52. The molecule has 0 aromatic carbocycles. The Morgan fingerprint density at radius 2 is 2.21 bits per heavy atom. The van der Waals surface area contributed by atoms with Crippen LogP contribution in [0.25, 0.3) is 0 Å². The molecule has 0 bridgehead atoms. The van der Waals surface area contributed by atoms with Crippen LogP contribution in [0.3, 0.4) is 0 Å². The van der Waals surface area contributed by atoms with Crippen LogP contribution < -0.4 is 11.3 Å². The number of hydrazine groups is 1. The average Bonchev–Trinajstić information content (AvgIpc) is 2.94. The second-order valence-electron chi connectivity index (χ2n) is 4.17. The van der Waals surface area contributed by atoms with Gasteiger partial charge < -0.3 is 4.90 Å². The lowest BCUT2D eigenvalue weighted by Gasteiger charge is -2.24. The molecule has 1 aliphatic rings. The molecule has 4 nitrogen and oxygen atoms in total. The van der Waals surface area contributed by atoms with Crippen LogP contribution >= 0.6 is 0 Å². The van der Waals surface area contributed by atoms with Gasteiger partial charge in [-0.25, -0.2) is 10.8 Å². The molecule has 1 aliphatic carbocycles. The van der Waals surface area contributed by atoms with E-state index in [4.69, 9.17) is 5.84 Å². The van der Waals surface area contributed by atoms with E-state index in [1.165, 1.54) is 12.8 Å². The zero-order chi connectivity index (χ0) is 10.6. The molecular weight excluding hydrogens is 176 g/mol. The maximum atomic E-state index is 5.47. The molecule has 0 amide bonds. The molecule has 0 aromatic rings. The summed E-state index contributed by atoms with van der Waals surface area (Å²) in [6.07, 6.45) is 2.71. The molecule has 3 N–H and O–H groups in total. The topological polar surface area (TPSA) is 53.6 Å². The van der Waals surface area contributed by atoms with E-state index in [0.29, 0.717) is 0 Å². The highest BCUT2D eigenvalue weighted by atomic mass is 15.4. The molecule has 0 radical (unpaired) electrons. The number of nitrogens with one attached hydrogen (secondary N) is 1. The van der Waals surface area contributed by atoms with Gasteiger partial charge in [-0.15, -0.1) is 0 Å². The number of hydrogen-bond acceptors (Lipinski definition) is 2. The quantitative estimate of drug-likeness (QED) is 0.306. The number of nitrogens with two attached hydrogens (primary N) is 1. The zero-order valence-corrected chi connectivity index (χ0v) is 9.45. The SMILES string of the molecule is CCN(CC1CC1)C(=NC(C)C)NN. The van der Waals surface area contributed by atoms with Crippen molar-refractivity contribution in [2.75, 3.05) is 13.1 Å². The summed E-state index contributed by atoms with van der Waals surface area (Å²) in [5.41, 5.74) is 2.69. The van der Waals surface area contributed by atoms with Gasteiger partial charge in [0, 0.05) is 19.1 Å². The number of hydrogen-bond donors (Lipinski definition) is 2. The van der Waals surface area contributed by atoms with Crippen LogP contribution in [0, 0.1) is 5.92 Å². The molecule has 0 heterocycles. The largest absolute Gasteiger partial charge is 0.342 e. The molecular formula is C10H22N4. The average molecular weight is 198 g/mol. The predicted molar refractivity (Wildman–Crippen MR) is 59.9 cm³/mol. The van der Waals surface area contributed by atoms with E-state index in [1.807, 2.05) is 0 Å². The molecule has 1 saturated carbocycles. The number of rotatable bonds is 4. The van der Waals surface area contributed by atoms with Crippen molar-refractivity contribution >= 4 is 5.96 Å². The van der Waals surface area contributed by atoms with Crippen molar-refractivity contribution in [1.29, 1.82) is 0 Å². The first kappa shape index (κ1) is 11.3. The summed E-state index contributed by atoms with van der Waals surface area (Å²) in [6.45, 7) is 8.30. The second-order valence-corrected chi connectivity index (χ2v) is 4.17. The van der Waals surface area contributed by atoms with Crippen LogP contribution in [0.5, 0.6) is 0 Å². The molecule has 1 fully saturated rings. The van der Waals surface area contributed by atoms with Gasteiger partial charge in [0.2, 0.25) is 5.96 Å². The Labute approximate surface area is 86.5 Å². The highest BCUT2D eigenvalue weighted by molar-refractivity contribution is 5.79. The summed E-state index contributed by atoms with van der Waals surface area (Å²) in [6, 6.07) is 0.286. The van der Waals surface area contributed by atoms with E-state index < -0.39 is 0 Å². The van der Waals surface area contributed by atoms with Crippen LogP contribution in [0.15, 0.2) is 4.99 Å². The molecule has 0 saturated heterocycles. The summed E-state index contributed by atoms with van der Waals surface area (Å²) in [5.74, 6) is 7.16. The lowest BCUT2D eigenvalue weighted by molar-refractivity contribution is 0.401. The van der Waals surface area contributed by atoms with E-state index in [-0.39, 0.29) is 6.04 Å². The van der Waals surface area contributed by atoms with Gasteiger partial charge in [0.15, 0.2) is 0 Å². The van der Waals surface area contributed by atoms with Crippen LogP contribution in [0.2, 0.25) is 0 Å². The first-order valence-corrected chi connectivity index (χ1v) is 5.46. The maximum Gasteiger partial charge on any atom is 0.208 e. The van der Waals surface area contributed by atoms with Crippen molar-refractivity contribution in [2.45, 2.75) is 39.7 Å². The van der Waals surface area contributed by atoms with Gasteiger partial charge in [-0.3, -0.25) is 5.43 Å². The normalized spacial score (nSPS) is 17.4. The lowest BCUT2D eigenvalue weighted by atomic mass is 10.3. The zero-order valence-electron chi connectivity index (χ0n) is 9.45. The summed E-state index contributed by atoms with van der Waals surface area (Å²) < 4.78 is 0. The highest BCUT2D eigenvalue weighted by Crippen LogP contribution is 2.29. The van der Waals surface area contributed by atoms with Gasteiger partial charge in [0.05, 0.1) is 0 Å². The Morgan fingerprint density at radius 3 is 2.57 bits per heavy atom. The minimum Gasteiger partial charge on any atom is -0.342 e. The number of guanidine groups is 1. The Hall–Kier alpha value is -0.770. The van der Waals surface area contributed by atoms with Gasteiger partial charge >= 0.3 is 0 Å². The first-order chi connectivity index (χ1) is 6.67. The van der Waals surface area contributed by atoms with E-state index in [2.05, 4.69) is 36.1 Å². The van der Waals surface area contributed by atoms with Crippen LogP contribution in [0.1, 0.15) is 33.6 Å². The first-order valence-electron chi connectivity index (χ1n) is 5.46. The van der Waals surface area contributed by atoms with Crippen molar-refractivity contribution in [1.82, 2.24) is 10.3 Å². The second kappa shape index (κ2) is 5.20. The fraction of sp³-hybridized carbons (Fsp3) is 0.900. The van der Waals surface area contributed by atoms with Crippen molar-refractivity contribution in [3.8, 4) is 0 Å². The summed E-state index contributed by atoms with van der Waals surface area (Å²) >= 11 is 0. The molecule has 4 heteroatoms. The maximum absolute atomic E-state index is 5.47. The molecule has 0 aliphatic heterocycles. The Bertz CT molecular complexity index is 196. The van der Waals surface area contributed by atoms with Crippen LogP contribution in [-0.2, 0) is 0 Å². The molecule has 1 rings (SSSR count). The van der Waals surface area contributed by atoms with Gasteiger partial charge in [-0.2, -0.15) is 0 Å². The predicted octanol–water partition coefficient (Wildman–Crippen LogP) is 0.946. The van der Waals surface area contributed by atoms with Gasteiger partial charge in [-0.05, 0) is 39.5 Å². The lowest BCUT2D eigenvalue weighted by Crippen LogP contribution is -2.46. The molecule has 0 unspecified atom stereocenters. The summed E-state index contributed by atoms with van der Waals surface area (Å²) in [7, 11) is 0. The third kappa shape index (κ3) is 3.54. The van der Waals surface area contributed by atoms with Gasteiger partial charge in [0.25, 0.3) is 0 Å². The van der Waals surface area contributed by atoms with Crippen molar-refractivity contribution in [3.63, 3.8) is 0 Å². The van der Waals surface area contributed by atoms with Crippen LogP contribution in [0.4, 0.5) is 0 Å². The van der Waals surface area contributed by atoms with E-state index in [0.717, 1.165) is 25.0 Å². The smallest absolute Gasteiger partial charge is 0.208 e. The summed E-state index contributed by atoms with van der Waals surface area (Å²) in [4.78, 5) is 6.67. The molecule has 0 aromatic heterocycles. The Morgan fingerprint density at radius 1 is 1.57 bits per heavy atom. The van der Waals surface area contributed by atoms with E-state index >= 15 is 0 Å². The minimum absolute atomic E-state index is 0.286.